The fourth-order valence-electron chi connectivity index (χ4n) is 2.44. The van der Waals surface area contributed by atoms with Gasteiger partial charge in [0.05, 0.1) is 18.1 Å². The van der Waals surface area contributed by atoms with E-state index in [-0.39, 0.29) is 6.04 Å². The van der Waals surface area contributed by atoms with Crippen LogP contribution in [0.4, 0.5) is 0 Å². The molecule has 0 aliphatic carbocycles. The van der Waals surface area contributed by atoms with Crippen molar-refractivity contribution in [1.29, 1.82) is 0 Å². The van der Waals surface area contributed by atoms with Gasteiger partial charge in [-0.25, -0.2) is 15.4 Å². The van der Waals surface area contributed by atoms with Crippen molar-refractivity contribution < 1.29 is 0 Å². The standard InChI is InChI=1S/C13H26N6/c1-3-4-18-11-15-10-13(18)12(9-14)16-19-7-5-17(2)6-8-19/h10-12,16H,3-9,14H2,1-2H3. The van der Waals surface area contributed by atoms with Gasteiger partial charge in [0.1, 0.15) is 0 Å². The molecule has 1 saturated heterocycles. The minimum Gasteiger partial charge on any atom is -0.333 e. The minimum atomic E-state index is 0.150. The van der Waals surface area contributed by atoms with Gasteiger partial charge in [-0.2, -0.15) is 0 Å². The SMILES string of the molecule is CCCn1cncc1C(CN)NN1CCN(C)CC1. The molecule has 0 aromatic carbocycles. The van der Waals surface area contributed by atoms with Crippen LogP contribution in [0.2, 0.25) is 0 Å². The fourth-order valence-corrected chi connectivity index (χ4v) is 2.44. The summed E-state index contributed by atoms with van der Waals surface area (Å²) < 4.78 is 2.20. The fraction of sp³-hybridized carbons (Fsp3) is 0.769. The Balaban J connectivity index is 1.97. The van der Waals surface area contributed by atoms with E-state index >= 15 is 0 Å². The predicted molar refractivity (Wildman–Crippen MR) is 76.5 cm³/mol. The molecule has 0 amide bonds. The van der Waals surface area contributed by atoms with Crippen LogP contribution in [0.1, 0.15) is 25.1 Å². The van der Waals surface area contributed by atoms with E-state index in [4.69, 9.17) is 5.73 Å². The Labute approximate surface area is 115 Å². The van der Waals surface area contributed by atoms with Crippen LogP contribution in [0.25, 0.3) is 0 Å². The van der Waals surface area contributed by atoms with E-state index in [9.17, 15) is 0 Å². The summed E-state index contributed by atoms with van der Waals surface area (Å²) in [7, 11) is 2.16. The van der Waals surface area contributed by atoms with Gasteiger partial charge < -0.3 is 15.2 Å². The van der Waals surface area contributed by atoms with Crippen LogP contribution in [0.3, 0.4) is 0 Å². The number of imidazole rings is 1. The van der Waals surface area contributed by atoms with Crippen LogP contribution in [-0.4, -0.2) is 59.2 Å². The first-order valence-electron chi connectivity index (χ1n) is 7.14. The number of piperazine rings is 1. The zero-order valence-corrected chi connectivity index (χ0v) is 12.0. The highest BCUT2D eigenvalue weighted by Gasteiger charge is 2.20. The number of nitrogens with two attached hydrogens (primary N) is 1. The van der Waals surface area contributed by atoms with Crippen LogP contribution in [0, 0.1) is 0 Å². The summed E-state index contributed by atoms with van der Waals surface area (Å²) >= 11 is 0. The number of hydrogen-bond acceptors (Lipinski definition) is 5. The molecular formula is C13H26N6. The lowest BCUT2D eigenvalue weighted by Gasteiger charge is -2.35. The molecule has 1 unspecified atom stereocenters. The number of likely N-dealkylation sites (N-methyl/N-ethyl adjacent to an activating group) is 1. The van der Waals surface area contributed by atoms with E-state index in [2.05, 4.69) is 38.9 Å². The van der Waals surface area contributed by atoms with E-state index in [0.717, 1.165) is 39.1 Å². The number of aryl methyl sites for hydroxylation is 1. The summed E-state index contributed by atoms with van der Waals surface area (Å²) in [4.78, 5) is 6.60. The molecule has 3 N–H and O–H groups in total. The molecule has 108 valence electrons. The maximum Gasteiger partial charge on any atom is 0.0948 e. The first-order chi connectivity index (χ1) is 9.24. The Kier molecular flexibility index (Phi) is 5.33. The Hall–Kier alpha value is -0.950. The zero-order chi connectivity index (χ0) is 13.7. The third-order valence-corrected chi connectivity index (χ3v) is 3.64. The van der Waals surface area contributed by atoms with E-state index in [1.807, 2.05) is 12.5 Å². The van der Waals surface area contributed by atoms with Gasteiger partial charge in [-0.15, -0.1) is 0 Å². The summed E-state index contributed by atoms with van der Waals surface area (Å²) in [6.07, 6.45) is 4.93. The smallest absolute Gasteiger partial charge is 0.0948 e. The Morgan fingerprint density at radius 1 is 1.37 bits per heavy atom. The maximum absolute atomic E-state index is 5.93. The quantitative estimate of drug-likeness (QED) is 0.761. The van der Waals surface area contributed by atoms with E-state index in [1.165, 1.54) is 5.69 Å². The third kappa shape index (κ3) is 3.76. The summed E-state index contributed by atoms with van der Waals surface area (Å²) in [6.45, 7) is 8.02. The van der Waals surface area contributed by atoms with Crippen molar-refractivity contribution in [2.45, 2.75) is 25.9 Å². The van der Waals surface area contributed by atoms with Crippen molar-refractivity contribution >= 4 is 0 Å². The normalized spacial score (nSPS) is 19.7. The van der Waals surface area contributed by atoms with Crippen LogP contribution < -0.4 is 11.2 Å². The Morgan fingerprint density at radius 2 is 2.11 bits per heavy atom. The zero-order valence-electron chi connectivity index (χ0n) is 12.0. The molecule has 1 atom stereocenters. The lowest BCUT2D eigenvalue weighted by atomic mass is 10.2. The minimum absolute atomic E-state index is 0.150. The van der Waals surface area contributed by atoms with E-state index in [1.54, 1.807) is 0 Å². The van der Waals surface area contributed by atoms with Crippen LogP contribution in [0.5, 0.6) is 0 Å². The second kappa shape index (κ2) is 7.00. The van der Waals surface area contributed by atoms with Crippen molar-refractivity contribution in [3.8, 4) is 0 Å². The van der Waals surface area contributed by atoms with Crippen molar-refractivity contribution in [2.24, 2.45) is 5.73 Å². The highest BCUT2D eigenvalue weighted by molar-refractivity contribution is 5.05. The number of hydrazine groups is 1. The highest BCUT2D eigenvalue weighted by Crippen LogP contribution is 2.13. The molecule has 2 heterocycles. The molecule has 0 radical (unpaired) electrons. The molecule has 6 heteroatoms. The number of hydrogen-bond donors (Lipinski definition) is 2. The molecule has 0 saturated carbocycles. The molecule has 1 fully saturated rings. The summed E-state index contributed by atoms with van der Waals surface area (Å²) in [5, 5.41) is 2.28. The molecule has 0 spiro atoms. The van der Waals surface area contributed by atoms with Gasteiger partial charge >= 0.3 is 0 Å². The Morgan fingerprint density at radius 3 is 2.74 bits per heavy atom. The van der Waals surface area contributed by atoms with Crippen molar-refractivity contribution in [3.63, 3.8) is 0 Å². The van der Waals surface area contributed by atoms with E-state index < -0.39 is 0 Å². The van der Waals surface area contributed by atoms with Gasteiger partial charge in [-0.05, 0) is 13.5 Å². The van der Waals surface area contributed by atoms with Crippen molar-refractivity contribution in [2.75, 3.05) is 39.8 Å². The van der Waals surface area contributed by atoms with E-state index in [0.29, 0.717) is 6.54 Å². The van der Waals surface area contributed by atoms with Gasteiger partial charge in [0.2, 0.25) is 0 Å². The summed E-state index contributed by atoms with van der Waals surface area (Å²) in [5.41, 5.74) is 10.7. The lowest BCUT2D eigenvalue weighted by Crippen LogP contribution is -2.52. The van der Waals surface area contributed by atoms with Gasteiger partial charge in [0.15, 0.2) is 0 Å². The molecule has 19 heavy (non-hydrogen) atoms. The van der Waals surface area contributed by atoms with Crippen LogP contribution in [-0.2, 0) is 6.54 Å². The second-order valence-corrected chi connectivity index (χ2v) is 5.22. The second-order valence-electron chi connectivity index (χ2n) is 5.22. The first kappa shape index (κ1) is 14.5. The molecule has 1 aromatic rings. The van der Waals surface area contributed by atoms with Crippen molar-refractivity contribution in [1.82, 2.24) is 24.9 Å². The average Bonchev–Trinajstić information content (AvgIpc) is 2.87. The maximum atomic E-state index is 5.93. The lowest BCUT2D eigenvalue weighted by molar-refractivity contribution is 0.0865. The monoisotopic (exact) mass is 266 g/mol. The summed E-state index contributed by atoms with van der Waals surface area (Å²) in [5.74, 6) is 0. The molecule has 1 aliphatic heterocycles. The molecule has 0 bridgehead atoms. The first-order valence-corrected chi connectivity index (χ1v) is 7.14. The molecule has 1 aliphatic rings. The van der Waals surface area contributed by atoms with Crippen molar-refractivity contribution in [3.05, 3.63) is 18.2 Å². The number of aromatic nitrogens is 2. The van der Waals surface area contributed by atoms with Gasteiger partial charge in [0.25, 0.3) is 0 Å². The van der Waals surface area contributed by atoms with Gasteiger partial charge in [0, 0.05) is 45.5 Å². The molecular weight excluding hydrogens is 240 g/mol. The topological polar surface area (TPSA) is 62.4 Å². The number of nitrogens with zero attached hydrogens (tertiary/aromatic N) is 4. The number of rotatable bonds is 6. The predicted octanol–water partition coefficient (Wildman–Crippen LogP) is 0.0449. The Bertz CT molecular complexity index is 369. The highest BCUT2D eigenvalue weighted by atomic mass is 15.5. The molecule has 6 nitrogen and oxygen atoms in total. The third-order valence-electron chi connectivity index (χ3n) is 3.64. The summed E-state index contributed by atoms with van der Waals surface area (Å²) in [6, 6.07) is 0.150. The average molecular weight is 266 g/mol. The van der Waals surface area contributed by atoms with Crippen LogP contribution >= 0.6 is 0 Å². The molecule has 1 aromatic heterocycles. The van der Waals surface area contributed by atoms with Crippen LogP contribution in [0.15, 0.2) is 12.5 Å². The molecule has 2 rings (SSSR count). The van der Waals surface area contributed by atoms with Gasteiger partial charge in [-0.3, -0.25) is 0 Å². The van der Waals surface area contributed by atoms with Gasteiger partial charge in [-0.1, -0.05) is 6.92 Å². The largest absolute Gasteiger partial charge is 0.333 e. The number of nitrogens with one attached hydrogen (secondary N) is 1.